The number of para-hydroxylation sites is 1. The number of nitrogens with two attached hydrogens (primary N) is 1. The summed E-state index contributed by atoms with van der Waals surface area (Å²) in [6.45, 7) is 1.54. The molecule has 1 aliphatic rings. The van der Waals surface area contributed by atoms with E-state index in [0.717, 1.165) is 18.4 Å². The highest BCUT2D eigenvalue weighted by Gasteiger charge is 2.19. The molecule has 2 rings (SSSR count). The quantitative estimate of drug-likeness (QED) is 0.785. The largest absolute Gasteiger partial charge is 0.493 e. The van der Waals surface area contributed by atoms with Gasteiger partial charge in [-0.2, -0.15) is 0 Å². The van der Waals surface area contributed by atoms with Gasteiger partial charge in [0.2, 0.25) is 0 Å². The van der Waals surface area contributed by atoms with Crippen LogP contribution >= 0.6 is 12.4 Å². The summed E-state index contributed by atoms with van der Waals surface area (Å²) in [5.41, 5.74) is 6.90. The molecule has 0 unspecified atom stereocenters. The zero-order chi connectivity index (χ0) is 14.4. The van der Waals surface area contributed by atoms with Gasteiger partial charge >= 0.3 is 0 Å². The van der Waals surface area contributed by atoms with Gasteiger partial charge in [0.1, 0.15) is 6.61 Å². The third kappa shape index (κ3) is 4.37. The molecule has 0 aromatic heterocycles. The molecule has 0 fully saturated rings. The lowest BCUT2D eigenvalue weighted by molar-refractivity contribution is -0.117. The molecule has 5 nitrogen and oxygen atoms in total. The van der Waals surface area contributed by atoms with Crippen molar-refractivity contribution in [2.45, 2.75) is 12.8 Å². The maximum atomic E-state index is 12.0. The van der Waals surface area contributed by atoms with Gasteiger partial charge < -0.3 is 20.5 Å². The van der Waals surface area contributed by atoms with Crippen molar-refractivity contribution < 1.29 is 14.3 Å². The summed E-state index contributed by atoms with van der Waals surface area (Å²) in [4.78, 5) is 12.0. The predicted octanol–water partition coefficient (Wildman–Crippen LogP) is 1.75. The Morgan fingerprint density at radius 2 is 2.24 bits per heavy atom. The van der Waals surface area contributed by atoms with Crippen molar-refractivity contribution in [1.82, 2.24) is 5.32 Å². The summed E-state index contributed by atoms with van der Waals surface area (Å²) in [7, 11) is 1.60. The smallest absolute Gasteiger partial charge is 0.250 e. The van der Waals surface area contributed by atoms with Crippen LogP contribution in [0.15, 0.2) is 23.8 Å². The van der Waals surface area contributed by atoms with Crippen molar-refractivity contribution in [2.24, 2.45) is 5.73 Å². The van der Waals surface area contributed by atoms with E-state index >= 15 is 0 Å². The van der Waals surface area contributed by atoms with Gasteiger partial charge in [-0.25, -0.2) is 0 Å². The minimum atomic E-state index is -0.0875. The second-order valence-corrected chi connectivity index (χ2v) is 4.59. The summed E-state index contributed by atoms with van der Waals surface area (Å²) in [6, 6.07) is 5.61. The zero-order valence-corrected chi connectivity index (χ0v) is 12.9. The van der Waals surface area contributed by atoms with Crippen molar-refractivity contribution in [1.29, 1.82) is 0 Å². The molecule has 0 aliphatic carbocycles. The first-order chi connectivity index (χ1) is 9.76. The first-order valence-electron chi connectivity index (χ1n) is 6.75. The number of carbonyl (C=O) groups excluding carboxylic acids is 1. The number of hydrogen-bond donors (Lipinski definition) is 2. The van der Waals surface area contributed by atoms with Crippen LogP contribution in [0, 0.1) is 0 Å². The molecule has 1 heterocycles. The van der Waals surface area contributed by atoms with Gasteiger partial charge in [-0.15, -0.1) is 12.4 Å². The number of benzene rings is 1. The van der Waals surface area contributed by atoms with E-state index in [-0.39, 0.29) is 24.9 Å². The van der Waals surface area contributed by atoms with E-state index in [1.54, 1.807) is 7.11 Å². The Labute approximate surface area is 130 Å². The number of hydrogen-bond acceptors (Lipinski definition) is 4. The third-order valence-electron chi connectivity index (χ3n) is 3.14. The maximum absolute atomic E-state index is 12.0. The van der Waals surface area contributed by atoms with Crippen molar-refractivity contribution in [3.05, 3.63) is 29.3 Å². The molecule has 0 bridgehead atoms. The first kappa shape index (κ1) is 17.3. The molecule has 0 spiro atoms. The minimum absolute atomic E-state index is 0. The number of methoxy groups -OCH3 is 1. The fraction of sp³-hybridized carbons (Fsp3) is 0.400. The second-order valence-electron chi connectivity index (χ2n) is 4.59. The zero-order valence-electron chi connectivity index (χ0n) is 12.1. The van der Waals surface area contributed by atoms with E-state index in [4.69, 9.17) is 15.2 Å². The molecule has 1 amide bonds. The SMILES string of the molecule is COc1cccc2c1OCC(C(=O)NCCCCN)=C2.Cl. The Hall–Kier alpha value is -1.72. The van der Waals surface area contributed by atoms with E-state index in [1.807, 2.05) is 24.3 Å². The van der Waals surface area contributed by atoms with Gasteiger partial charge in [0.15, 0.2) is 11.5 Å². The number of ether oxygens (including phenoxy) is 2. The molecular weight excluding hydrogens is 292 g/mol. The summed E-state index contributed by atoms with van der Waals surface area (Å²) < 4.78 is 10.9. The number of rotatable bonds is 6. The lowest BCUT2D eigenvalue weighted by Gasteiger charge is -2.19. The highest BCUT2D eigenvalue weighted by Crippen LogP contribution is 2.35. The number of fused-ring (bicyclic) bond motifs is 1. The van der Waals surface area contributed by atoms with Gasteiger partial charge in [0, 0.05) is 12.1 Å². The molecule has 0 saturated heterocycles. The van der Waals surface area contributed by atoms with Gasteiger partial charge in [-0.1, -0.05) is 12.1 Å². The molecule has 1 aromatic rings. The number of halogens is 1. The van der Waals surface area contributed by atoms with Crippen molar-refractivity contribution in [2.75, 3.05) is 26.8 Å². The van der Waals surface area contributed by atoms with Crippen LogP contribution in [0.5, 0.6) is 11.5 Å². The molecule has 1 aromatic carbocycles. The lowest BCUT2D eigenvalue weighted by Crippen LogP contribution is -2.29. The minimum Gasteiger partial charge on any atom is -0.493 e. The molecule has 116 valence electrons. The number of amides is 1. The molecule has 21 heavy (non-hydrogen) atoms. The van der Waals surface area contributed by atoms with Crippen LogP contribution in [-0.4, -0.2) is 32.7 Å². The number of carbonyl (C=O) groups is 1. The predicted molar refractivity (Wildman–Crippen MR) is 85.0 cm³/mol. The average molecular weight is 313 g/mol. The fourth-order valence-electron chi connectivity index (χ4n) is 2.06. The van der Waals surface area contributed by atoms with Crippen LogP contribution in [-0.2, 0) is 4.79 Å². The van der Waals surface area contributed by atoms with Gasteiger partial charge in [-0.3, -0.25) is 4.79 Å². The monoisotopic (exact) mass is 312 g/mol. The van der Waals surface area contributed by atoms with Gasteiger partial charge in [-0.05, 0) is 31.5 Å². The molecule has 3 N–H and O–H groups in total. The summed E-state index contributed by atoms with van der Waals surface area (Å²) >= 11 is 0. The Morgan fingerprint density at radius 3 is 2.95 bits per heavy atom. The first-order valence-corrected chi connectivity index (χ1v) is 6.75. The fourth-order valence-corrected chi connectivity index (χ4v) is 2.06. The number of nitrogens with one attached hydrogen (secondary N) is 1. The van der Waals surface area contributed by atoms with Crippen molar-refractivity contribution in [3.8, 4) is 11.5 Å². The van der Waals surface area contributed by atoms with Crippen molar-refractivity contribution >= 4 is 24.4 Å². The van der Waals surface area contributed by atoms with Gasteiger partial charge in [0.25, 0.3) is 5.91 Å². The lowest BCUT2D eigenvalue weighted by atomic mass is 10.1. The molecule has 6 heteroatoms. The van der Waals surface area contributed by atoms with E-state index in [9.17, 15) is 4.79 Å². The Balaban J connectivity index is 0.00000220. The van der Waals surface area contributed by atoms with E-state index in [0.29, 0.717) is 30.2 Å². The van der Waals surface area contributed by atoms with Crippen LogP contribution in [0.2, 0.25) is 0 Å². The molecular formula is C15H21ClN2O3. The topological polar surface area (TPSA) is 73.6 Å². The van der Waals surface area contributed by atoms with Crippen LogP contribution in [0.3, 0.4) is 0 Å². The van der Waals surface area contributed by atoms with Crippen LogP contribution < -0.4 is 20.5 Å². The third-order valence-corrected chi connectivity index (χ3v) is 3.14. The molecule has 0 radical (unpaired) electrons. The Bertz CT molecular complexity index is 518. The average Bonchev–Trinajstić information content (AvgIpc) is 2.50. The molecule has 1 aliphatic heterocycles. The summed E-state index contributed by atoms with van der Waals surface area (Å²) in [5.74, 6) is 1.28. The van der Waals surface area contributed by atoms with Crippen LogP contribution in [0.1, 0.15) is 18.4 Å². The maximum Gasteiger partial charge on any atom is 0.250 e. The number of unbranched alkanes of at least 4 members (excludes halogenated alkanes) is 1. The Kier molecular flexibility index (Phi) is 7.05. The van der Waals surface area contributed by atoms with E-state index < -0.39 is 0 Å². The Morgan fingerprint density at radius 1 is 1.43 bits per heavy atom. The molecule has 0 saturated carbocycles. The van der Waals surface area contributed by atoms with E-state index in [1.165, 1.54) is 0 Å². The summed E-state index contributed by atoms with van der Waals surface area (Å²) in [6.07, 6.45) is 3.65. The van der Waals surface area contributed by atoms with Crippen LogP contribution in [0.25, 0.3) is 6.08 Å². The highest BCUT2D eigenvalue weighted by atomic mass is 35.5. The van der Waals surface area contributed by atoms with Gasteiger partial charge in [0.05, 0.1) is 12.7 Å². The van der Waals surface area contributed by atoms with Crippen LogP contribution in [0.4, 0.5) is 0 Å². The van der Waals surface area contributed by atoms with Crippen molar-refractivity contribution in [3.63, 3.8) is 0 Å². The normalized spacial score (nSPS) is 12.4. The standard InChI is InChI=1S/C15H20N2O3.ClH/c1-19-13-6-4-5-11-9-12(10-20-14(11)13)15(18)17-8-3-2-7-16;/h4-6,9H,2-3,7-8,10,16H2,1H3,(H,17,18);1H. The molecule has 0 atom stereocenters. The summed E-state index contributed by atoms with van der Waals surface area (Å²) in [5, 5.41) is 2.87. The highest BCUT2D eigenvalue weighted by molar-refractivity contribution is 5.99. The second kappa shape index (κ2) is 8.54. The van der Waals surface area contributed by atoms with E-state index in [2.05, 4.69) is 5.32 Å².